The molecule has 2 heterocycles. The molecule has 5 nitrogen and oxygen atoms in total. The molecule has 31 heavy (non-hydrogen) atoms. The van der Waals surface area contributed by atoms with Crippen LogP contribution in [0.2, 0.25) is 0 Å². The second-order valence-corrected chi connectivity index (χ2v) is 7.82. The number of carbonyl (C=O) groups excluding carboxylic acids is 1. The highest BCUT2D eigenvalue weighted by Crippen LogP contribution is 2.41. The van der Waals surface area contributed by atoms with Crippen LogP contribution in [0.3, 0.4) is 0 Å². The number of hydrogen-bond donors (Lipinski definition) is 2. The minimum absolute atomic E-state index is 0.00748. The molecule has 1 aliphatic rings. The number of carbonyl (C=O) groups is 1. The Morgan fingerprint density at radius 3 is 2.48 bits per heavy atom. The third kappa shape index (κ3) is 4.10. The molecule has 1 atom stereocenters. The summed E-state index contributed by atoms with van der Waals surface area (Å²) in [6.07, 6.45) is -2.99. The SMILES string of the molecule is CC(C)[C@H]1CNC(=O)c2c(-c3ccc(O)cc3)c(-c3cccc(OC(F)(F)F)c3)cn21. The van der Waals surface area contributed by atoms with Crippen LogP contribution in [-0.4, -0.2) is 28.5 Å². The fourth-order valence-corrected chi connectivity index (χ4v) is 3.95. The number of aromatic hydroxyl groups is 1. The van der Waals surface area contributed by atoms with E-state index in [1.54, 1.807) is 18.2 Å². The molecule has 0 unspecified atom stereocenters. The first-order valence-corrected chi connectivity index (χ1v) is 9.82. The van der Waals surface area contributed by atoms with E-state index in [1.165, 1.54) is 30.3 Å². The highest BCUT2D eigenvalue weighted by molar-refractivity contribution is 6.05. The number of phenols is 1. The third-order valence-corrected chi connectivity index (χ3v) is 5.38. The Kier molecular flexibility index (Phi) is 5.16. The van der Waals surface area contributed by atoms with Crippen molar-refractivity contribution in [2.24, 2.45) is 5.92 Å². The summed E-state index contributed by atoms with van der Waals surface area (Å²) < 4.78 is 44.2. The van der Waals surface area contributed by atoms with Gasteiger partial charge in [-0.25, -0.2) is 0 Å². The Morgan fingerprint density at radius 1 is 1.13 bits per heavy atom. The van der Waals surface area contributed by atoms with Gasteiger partial charge in [-0.05, 0) is 41.3 Å². The normalized spacial score (nSPS) is 16.2. The van der Waals surface area contributed by atoms with Gasteiger partial charge in [-0.1, -0.05) is 38.1 Å². The van der Waals surface area contributed by atoms with Gasteiger partial charge in [0.05, 0.1) is 6.04 Å². The zero-order chi connectivity index (χ0) is 22.3. The Morgan fingerprint density at radius 2 is 1.84 bits per heavy atom. The van der Waals surface area contributed by atoms with Gasteiger partial charge in [-0.3, -0.25) is 4.79 Å². The van der Waals surface area contributed by atoms with Crippen LogP contribution in [0.4, 0.5) is 13.2 Å². The molecule has 2 N–H and O–H groups in total. The van der Waals surface area contributed by atoms with E-state index in [4.69, 9.17) is 0 Å². The molecule has 162 valence electrons. The Bertz CT molecular complexity index is 1120. The maximum atomic E-state index is 12.9. The molecule has 4 rings (SSSR count). The van der Waals surface area contributed by atoms with Crippen molar-refractivity contribution in [3.63, 3.8) is 0 Å². The highest BCUT2D eigenvalue weighted by atomic mass is 19.4. The lowest BCUT2D eigenvalue weighted by atomic mass is 9.95. The summed E-state index contributed by atoms with van der Waals surface area (Å²) in [7, 11) is 0. The highest BCUT2D eigenvalue weighted by Gasteiger charge is 2.33. The number of benzene rings is 2. The Hall–Kier alpha value is -3.42. The average molecular weight is 430 g/mol. The van der Waals surface area contributed by atoms with Crippen molar-refractivity contribution in [1.82, 2.24) is 9.88 Å². The fraction of sp³-hybridized carbons (Fsp3) is 0.261. The number of nitrogens with zero attached hydrogens (tertiary/aromatic N) is 1. The smallest absolute Gasteiger partial charge is 0.508 e. The Labute approximate surface area is 177 Å². The van der Waals surface area contributed by atoms with Crippen molar-refractivity contribution in [3.05, 3.63) is 60.4 Å². The first kappa shape index (κ1) is 20.8. The number of aromatic nitrogens is 1. The zero-order valence-electron chi connectivity index (χ0n) is 16.9. The molecular weight excluding hydrogens is 409 g/mol. The van der Waals surface area contributed by atoms with E-state index in [0.29, 0.717) is 34.5 Å². The van der Waals surface area contributed by atoms with Gasteiger partial charge in [0.1, 0.15) is 17.2 Å². The van der Waals surface area contributed by atoms with Gasteiger partial charge in [0, 0.05) is 23.9 Å². The van der Waals surface area contributed by atoms with Crippen molar-refractivity contribution >= 4 is 5.91 Å². The van der Waals surface area contributed by atoms with E-state index >= 15 is 0 Å². The number of rotatable bonds is 4. The predicted molar refractivity (Wildman–Crippen MR) is 110 cm³/mol. The third-order valence-electron chi connectivity index (χ3n) is 5.38. The van der Waals surface area contributed by atoms with Crippen LogP contribution in [0.15, 0.2) is 54.7 Å². The molecule has 0 bridgehead atoms. The van der Waals surface area contributed by atoms with E-state index in [2.05, 4.69) is 10.1 Å². The van der Waals surface area contributed by atoms with Gasteiger partial charge >= 0.3 is 6.36 Å². The van der Waals surface area contributed by atoms with Crippen LogP contribution in [0.1, 0.15) is 30.4 Å². The van der Waals surface area contributed by atoms with Gasteiger partial charge in [0.2, 0.25) is 0 Å². The van der Waals surface area contributed by atoms with Crippen LogP contribution in [-0.2, 0) is 0 Å². The number of phenolic OH excluding ortho intramolecular Hbond substituents is 1. The summed E-state index contributed by atoms with van der Waals surface area (Å²) in [6, 6.07) is 12.1. The van der Waals surface area contributed by atoms with E-state index in [0.717, 1.165) is 0 Å². The summed E-state index contributed by atoms with van der Waals surface area (Å²) in [5, 5.41) is 12.6. The molecular formula is C23H21F3N2O3. The van der Waals surface area contributed by atoms with E-state index in [9.17, 15) is 23.1 Å². The van der Waals surface area contributed by atoms with Gasteiger partial charge < -0.3 is 19.7 Å². The minimum atomic E-state index is -4.80. The van der Waals surface area contributed by atoms with Crippen LogP contribution in [0, 0.1) is 5.92 Å². The van der Waals surface area contributed by atoms with E-state index in [-0.39, 0.29) is 29.4 Å². The van der Waals surface area contributed by atoms with Gasteiger partial charge in [0.15, 0.2) is 0 Å². The van der Waals surface area contributed by atoms with Crippen LogP contribution < -0.4 is 10.1 Å². The molecule has 1 aromatic heterocycles. The maximum absolute atomic E-state index is 12.9. The van der Waals surface area contributed by atoms with Gasteiger partial charge in [0.25, 0.3) is 5.91 Å². The van der Waals surface area contributed by atoms with E-state index < -0.39 is 6.36 Å². The number of fused-ring (bicyclic) bond motifs is 1. The van der Waals surface area contributed by atoms with Gasteiger partial charge in [-0.15, -0.1) is 13.2 Å². The largest absolute Gasteiger partial charge is 0.573 e. The van der Waals surface area contributed by atoms with Crippen molar-refractivity contribution in [3.8, 4) is 33.8 Å². The summed E-state index contributed by atoms with van der Waals surface area (Å²) in [4.78, 5) is 12.9. The second-order valence-electron chi connectivity index (χ2n) is 7.82. The second kappa shape index (κ2) is 7.68. The molecule has 3 aromatic rings. The van der Waals surface area contributed by atoms with Crippen LogP contribution in [0.25, 0.3) is 22.3 Å². The number of ether oxygens (including phenoxy) is 1. The number of hydrogen-bond acceptors (Lipinski definition) is 3. The fourth-order valence-electron chi connectivity index (χ4n) is 3.95. The zero-order valence-corrected chi connectivity index (χ0v) is 16.9. The molecule has 0 saturated carbocycles. The molecule has 0 spiro atoms. The van der Waals surface area contributed by atoms with Crippen molar-refractivity contribution in [1.29, 1.82) is 0 Å². The predicted octanol–water partition coefficient (Wildman–Crippen LogP) is 5.37. The summed E-state index contributed by atoms with van der Waals surface area (Å²) in [6.45, 7) is 4.55. The van der Waals surface area contributed by atoms with Gasteiger partial charge in [-0.2, -0.15) is 0 Å². The molecule has 0 aliphatic carbocycles. The van der Waals surface area contributed by atoms with Crippen LogP contribution >= 0.6 is 0 Å². The summed E-state index contributed by atoms with van der Waals surface area (Å²) >= 11 is 0. The van der Waals surface area contributed by atoms with Crippen molar-refractivity contribution in [2.45, 2.75) is 26.3 Å². The van der Waals surface area contributed by atoms with E-state index in [1.807, 2.05) is 24.6 Å². The lowest BCUT2D eigenvalue weighted by Crippen LogP contribution is -2.40. The van der Waals surface area contributed by atoms with Crippen molar-refractivity contribution in [2.75, 3.05) is 6.54 Å². The van der Waals surface area contributed by atoms with Crippen molar-refractivity contribution < 1.29 is 27.8 Å². The monoisotopic (exact) mass is 430 g/mol. The lowest BCUT2D eigenvalue weighted by molar-refractivity contribution is -0.274. The number of amides is 1. The standard InChI is InChI=1S/C23H21F3N2O3/c1-13(2)19-11-27-22(30)21-20(14-6-8-16(29)9-7-14)18(12-28(19)21)15-4-3-5-17(10-15)31-23(24,25)26/h3-10,12-13,19,29H,11H2,1-2H3,(H,27,30)/t19-/m1/s1. The minimum Gasteiger partial charge on any atom is -0.508 e. The molecule has 0 fully saturated rings. The molecule has 1 aliphatic heterocycles. The molecule has 2 aromatic carbocycles. The number of halogens is 3. The van der Waals surface area contributed by atoms with Crippen LogP contribution in [0.5, 0.6) is 11.5 Å². The molecule has 1 amide bonds. The first-order valence-electron chi connectivity index (χ1n) is 9.82. The lowest BCUT2D eigenvalue weighted by Gasteiger charge is -2.30. The topological polar surface area (TPSA) is 63.5 Å². The summed E-state index contributed by atoms with van der Waals surface area (Å²) in [5.41, 5.74) is 2.79. The molecule has 0 radical (unpaired) electrons. The molecule has 8 heteroatoms. The summed E-state index contributed by atoms with van der Waals surface area (Å²) in [5.74, 6) is -0.305. The Balaban J connectivity index is 1.94. The number of alkyl halides is 3. The average Bonchev–Trinajstić information content (AvgIpc) is 3.09. The number of nitrogens with one attached hydrogen (secondary N) is 1. The quantitative estimate of drug-likeness (QED) is 0.585. The maximum Gasteiger partial charge on any atom is 0.573 e. The first-order chi connectivity index (χ1) is 14.6. The molecule has 0 saturated heterocycles.